The fourth-order valence-electron chi connectivity index (χ4n) is 3.16. The highest BCUT2D eigenvalue weighted by atomic mass is 32.1. The summed E-state index contributed by atoms with van der Waals surface area (Å²) in [6.45, 7) is 0. The van der Waals surface area contributed by atoms with Gasteiger partial charge in [0.25, 0.3) is 0 Å². The Labute approximate surface area is 177 Å². The summed E-state index contributed by atoms with van der Waals surface area (Å²) in [5.41, 5.74) is 3.31. The number of fused-ring (bicyclic) bond motifs is 1. The minimum absolute atomic E-state index is 0.126. The molecule has 2 aromatic carbocycles. The molecule has 4 rings (SSSR count). The minimum Gasteiger partial charge on any atom is -0.497 e. The maximum atomic E-state index is 12.6. The zero-order valence-corrected chi connectivity index (χ0v) is 17.7. The number of carbonyl (C=O) groups excluding carboxylic acids is 1. The molecule has 7 nitrogen and oxygen atoms in total. The van der Waals surface area contributed by atoms with Gasteiger partial charge in [0, 0.05) is 34.6 Å². The third-order valence-electron chi connectivity index (χ3n) is 4.66. The first kappa shape index (κ1) is 19.8. The molecule has 0 atom stereocenters. The highest BCUT2D eigenvalue weighted by Gasteiger charge is 2.14. The molecule has 154 valence electrons. The van der Waals surface area contributed by atoms with Crippen LogP contribution in [0.15, 0.2) is 54.0 Å². The van der Waals surface area contributed by atoms with E-state index in [1.165, 1.54) is 11.3 Å². The number of carbonyl (C=O) groups is 1. The normalized spacial score (nSPS) is 10.8. The molecule has 0 fully saturated rings. The van der Waals surface area contributed by atoms with Crippen LogP contribution in [0.25, 0.3) is 16.2 Å². The summed E-state index contributed by atoms with van der Waals surface area (Å²) in [6, 6.07) is 13.0. The van der Waals surface area contributed by atoms with Crippen molar-refractivity contribution < 1.29 is 19.0 Å². The van der Waals surface area contributed by atoms with E-state index in [2.05, 4.69) is 10.3 Å². The van der Waals surface area contributed by atoms with Gasteiger partial charge in [-0.15, -0.1) is 11.3 Å². The van der Waals surface area contributed by atoms with Crippen molar-refractivity contribution in [2.45, 2.75) is 6.42 Å². The number of methoxy groups -OCH3 is 3. The van der Waals surface area contributed by atoms with Gasteiger partial charge in [0.2, 0.25) is 5.91 Å². The molecule has 0 aliphatic carbocycles. The van der Waals surface area contributed by atoms with Crippen LogP contribution in [0, 0.1) is 0 Å². The number of hydrogen-bond donors (Lipinski definition) is 1. The molecular formula is C22H21N3O4S. The molecule has 30 heavy (non-hydrogen) atoms. The number of nitrogens with one attached hydrogen (secondary N) is 1. The number of aromatic nitrogens is 2. The zero-order valence-electron chi connectivity index (χ0n) is 16.8. The Bertz CT molecular complexity index is 1200. The van der Waals surface area contributed by atoms with Crippen molar-refractivity contribution in [2.75, 3.05) is 26.6 Å². The lowest BCUT2D eigenvalue weighted by atomic mass is 10.1. The van der Waals surface area contributed by atoms with Gasteiger partial charge in [-0.2, -0.15) is 0 Å². The van der Waals surface area contributed by atoms with E-state index in [9.17, 15) is 4.79 Å². The summed E-state index contributed by atoms with van der Waals surface area (Å²) >= 11 is 1.50. The van der Waals surface area contributed by atoms with Crippen LogP contribution in [0.5, 0.6) is 17.2 Å². The van der Waals surface area contributed by atoms with Gasteiger partial charge in [-0.25, -0.2) is 4.98 Å². The maximum Gasteiger partial charge on any atom is 0.230 e. The molecule has 0 saturated carbocycles. The quantitative estimate of drug-likeness (QED) is 0.481. The van der Waals surface area contributed by atoms with Gasteiger partial charge < -0.3 is 19.5 Å². The Morgan fingerprint density at radius 2 is 1.90 bits per heavy atom. The third kappa shape index (κ3) is 3.95. The molecule has 8 heteroatoms. The standard InChI is InChI=1S/C22H21N3O4S/c1-27-17-6-4-5-14(9-17)18-12-25-16(13-30-22(25)24-18)11-21(26)23-15-7-8-19(28-2)20(10-15)29-3/h4-10,12-13H,11H2,1-3H3,(H,23,26). The number of thiazole rings is 1. The van der Waals surface area contributed by atoms with E-state index in [1.54, 1.807) is 39.5 Å². The molecule has 0 aliphatic heterocycles. The Morgan fingerprint density at radius 3 is 2.67 bits per heavy atom. The Morgan fingerprint density at radius 1 is 1.07 bits per heavy atom. The van der Waals surface area contributed by atoms with Crippen molar-refractivity contribution in [1.82, 2.24) is 9.38 Å². The molecule has 1 N–H and O–H groups in total. The predicted octanol–water partition coefficient (Wildman–Crippen LogP) is 4.27. The van der Waals surface area contributed by atoms with Gasteiger partial charge >= 0.3 is 0 Å². The van der Waals surface area contributed by atoms with Gasteiger partial charge in [0.05, 0.1) is 33.4 Å². The molecule has 2 aromatic heterocycles. The van der Waals surface area contributed by atoms with E-state index in [4.69, 9.17) is 14.2 Å². The number of amides is 1. The molecule has 2 heterocycles. The van der Waals surface area contributed by atoms with Crippen LogP contribution in [0.3, 0.4) is 0 Å². The van der Waals surface area contributed by atoms with Gasteiger partial charge in [0.1, 0.15) is 5.75 Å². The van der Waals surface area contributed by atoms with Crippen molar-refractivity contribution in [2.24, 2.45) is 0 Å². The molecule has 0 saturated heterocycles. The van der Waals surface area contributed by atoms with Crippen LogP contribution >= 0.6 is 11.3 Å². The largest absolute Gasteiger partial charge is 0.497 e. The SMILES string of the molecule is COc1cccc(-c2cn3c(CC(=O)Nc4ccc(OC)c(OC)c4)csc3n2)c1. The van der Waals surface area contributed by atoms with Crippen LogP contribution in [0.4, 0.5) is 5.69 Å². The first-order chi connectivity index (χ1) is 14.6. The second kappa shape index (κ2) is 8.46. The smallest absolute Gasteiger partial charge is 0.230 e. The first-order valence-corrected chi connectivity index (χ1v) is 10.1. The van der Waals surface area contributed by atoms with Gasteiger partial charge in [-0.3, -0.25) is 9.20 Å². The fraction of sp³-hybridized carbons (Fsp3) is 0.182. The number of ether oxygens (including phenoxy) is 3. The summed E-state index contributed by atoms with van der Waals surface area (Å²) in [5, 5.41) is 4.85. The number of imidazole rings is 1. The van der Waals surface area contributed by atoms with E-state index in [0.717, 1.165) is 27.7 Å². The lowest BCUT2D eigenvalue weighted by Crippen LogP contribution is -2.15. The average molecular weight is 423 g/mol. The highest BCUT2D eigenvalue weighted by molar-refractivity contribution is 7.15. The van der Waals surface area contributed by atoms with Crippen LogP contribution < -0.4 is 19.5 Å². The van der Waals surface area contributed by atoms with Gasteiger partial charge in [-0.05, 0) is 24.3 Å². The lowest BCUT2D eigenvalue weighted by Gasteiger charge is -2.10. The number of anilines is 1. The zero-order chi connectivity index (χ0) is 21.1. The van der Waals surface area contributed by atoms with Gasteiger partial charge in [0.15, 0.2) is 16.5 Å². The van der Waals surface area contributed by atoms with E-state index >= 15 is 0 Å². The lowest BCUT2D eigenvalue weighted by molar-refractivity contribution is -0.115. The summed E-state index contributed by atoms with van der Waals surface area (Å²) < 4.78 is 17.8. The Balaban J connectivity index is 1.52. The van der Waals surface area contributed by atoms with E-state index in [-0.39, 0.29) is 12.3 Å². The third-order valence-corrected chi connectivity index (χ3v) is 5.55. The summed E-state index contributed by atoms with van der Waals surface area (Å²) in [4.78, 5) is 18.1. The Kier molecular flexibility index (Phi) is 5.58. The molecule has 0 unspecified atom stereocenters. The molecule has 0 aliphatic rings. The van der Waals surface area contributed by atoms with Crippen molar-refractivity contribution >= 4 is 27.9 Å². The summed E-state index contributed by atoms with van der Waals surface area (Å²) in [5.74, 6) is 1.82. The number of rotatable bonds is 7. The Hall–Kier alpha value is -3.52. The topological polar surface area (TPSA) is 74.1 Å². The molecule has 0 bridgehead atoms. The molecule has 4 aromatic rings. The van der Waals surface area contributed by atoms with Crippen molar-refractivity contribution in [3.05, 3.63) is 59.7 Å². The predicted molar refractivity (Wildman–Crippen MR) is 117 cm³/mol. The van der Waals surface area contributed by atoms with E-state index in [0.29, 0.717) is 17.2 Å². The van der Waals surface area contributed by atoms with E-state index < -0.39 is 0 Å². The summed E-state index contributed by atoms with van der Waals surface area (Å²) in [6.07, 6.45) is 2.17. The second-order valence-electron chi connectivity index (χ2n) is 6.53. The molecule has 0 radical (unpaired) electrons. The molecule has 1 amide bonds. The van der Waals surface area contributed by atoms with Crippen molar-refractivity contribution in [1.29, 1.82) is 0 Å². The highest BCUT2D eigenvalue weighted by Crippen LogP contribution is 2.30. The van der Waals surface area contributed by atoms with Crippen molar-refractivity contribution in [3.63, 3.8) is 0 Å². The number of nitrogens with zero attached hydrogens (tertiary/aromatic N) is 2. The van der Waals surface area contributed by atoms with Crippen LogP contribution in [-0.4, -0.2) is 36.6 Å². The minimum atomic E-state index is -0.126. The fourth-order valence-corrected chi connectivity index (χ4v) is 4.03. The van der Waals surface area contributed by atoms with Crippen LogP contribution in [-0.2, 0) is 11.2 Å². The average Bonchev–Trinajstić information content (AvgIpc) is 3.35. The monoisotopic (exact) mass is 423 g/mol. The molecule has 0 spiro atoms. The van der Waals surface area contributed by atoms with Crippen molar-refractivity contribution in [3.8, 4) is 28.5 Å². The van der Waals surface area contributed by atoms with Gasteiger partial charge in [-0.1, -0.05) is 12.1 Å². The van der Waals surface area contributed by atoms with Crippen LogP contribution in [0.1, 0.15) is 5.69 Å². The van der Waals surface area contributed by atoms with E-state index in [1.807, 2.05) is 40.2 Å². The summed E-state index contributed by atoms with van der Waals surface area (Å²) in [7, 11) is 4.77. The second-order valence-corrected chi connectivity index (χ2v) is 7.37. The number of benzene rings is 2. The maximum absolute atomic E-state index is 12.6. The number of hydrogen-bond acceptors (Lipinski definition) is 6. The first-order valence-electron chi connectivity index (χ1n) is 9.23. The van der Waals surface area contributed by atoms with Crippen LogP contribution in [0.2, 0.25) is 0 Å². The molecular weight excluding hydrogens is 402 g/mol.